The summed E-state index contributed by atoms with van der Waals surface area (Å²) in [4.78, 5) is 11.3. The lowest BCUT2D eigenvalue weighted by molar-refractivity contribution is -0.117. The second-order valence-corrected chi connectivity index (χ2v) is 3.98. The summed E-state index contributed by atoms with van der Waals surface area (Å²) in [5, 5.41) is 2.68. The van der Waals surface area contributed by atoms with Crippen LogP contribution < -0.4 is 15.8 Å². The van der Waals surface area contributed by atoms with Gasteiger partial charge in [0.1, 0.15) is 5.75 Å². The fourth-order valence-corrected chi connectivity index (χ4v) is 1.54. The molecule has 1 aromatic carbocycles. The Kier molecular flexibility index (Phi) is 4.11. The average molecular weight is 273 g/mol. The smallest absolute Gasteiger partial charge is 0.240 e. The summed E-state index contributed by atoms with van der Waals surface area (Å²) in [5.74, 6) is 0.501. The van der Waals surface area contributed by atoms with Gasteiger partial charge in [0.15, 0.2) is 0 Å². The highest BCUT2D eigenvalue weighted by atomic mass is 79.9. The summed E-state index contributed by atoms with van der Waals surface area (Å²) >= 11 is 3.33. The van der Waals surface area contributed by atoms with Gasteiger partial charge in [0.25, 0.3) is 0 Å². The normalized spacial score (nSPS) is 12.0. The molecule has 0 bridgehead atoms. The quantitative estimate of drug-likeness (QED) is 0.881. The molecule has 0 aliphatic rings. The van der Waals surface area contributed by atoms with Gasteiger partial charge in [-0.2, -0.15) is 0 Å². The van der Waals surface area contributed by atoms with Gasteiger partial charge in [-0.15, -0.1) is 0 Å². The minimum Gasteiger partial charge on any atom is -0.496 e. The Labute approximate surface area is 96.9 Å². The van der Waals surface area contributed by atoms with Crippen LogP contribution in [0, 0.1) is 0 Å². The van der Waals surface area contributed by atoms with E-state index in [0.717, 1.165) is 4.47 Å². The van der Waals surface area contributed by atoms with Crippen LogP contribution in [0.25, 0.3) is 0 Å². The first-order valence-electron chi connectivity index (χ1n) is 4.44. The van der Waals surface area contributed by atoms with Crippen molar-refractivity contribution in [2.45, 2.75) is 13.0 Å². The number of halogens is 1. The second-order valence-electron chi connectivity index (χ2n) is 3.13. The Morgan fingerprint density at radius 2 is 2.27 bits per heavy atom. The van der Waals surface area contributed by atoms with Crippen molar-refractivity contribution in [3.05, 3.63) is 22.7 Å². The van der Waals surface area contributed by atoms with Crippen molar-refractivity contribution in [2.75, 3.05) is 12.4 Å². The number of ether oxygens (including phenoxy) is 1. The van der Waals surface area contributed by atoms with E-state index in [1.54, 1.807) is 32.2 Å². The molecule has 0 saturated heterocycles. The van der Waals surface area contributed by atoms with Crippen molar-refractivity contribution >= 4 is 27.5 Å². The van der Waals surface area contributed by atoms with E-state index < -0.39 is 6.04 Å². The van der Waals surface area contributed by atoms with E-state index in [9.17, 15) is 4.79 Å². The van der Waals surface area contributed by atoms with Gasteiger partial charge in [-0.3, -0.25) is 4.79 Å². The van der Waals surface area contributed by atoms with Gasteiger partial charge in [0.2, 0.25) is 5.91 Å². The number of rotatable bonds is 3. The highest BCUT2D eigenvalue weighted by molar-refractivity contribution is 9.10. The zero-order valence-electron chi connectivity index (χ0n) is 8.58. The molecule has 0 radical (unpaired) electrons. The first kappa shape index (κ1) is 12.0. The Morgan fingerprint density at radius 1 is 1.60 bits per heavy atom. The van der Waals surface area contributed by atoms with Gasteiger partial charge >= 0.3 is 0 Å². The van der Waals surface area contributed by atoms with Crippen molar-refractivity contribution < 1.29 is 9.53 Å². The van der Waals surface area contributed by atoms with Crippen molar-refractivity contribution in [3.63, 3.8) is 0 Å². The van der Waals surface area contributed by atoms with E-state index in [2.05, 4.69) is 21.2 Å². The summed E-state index contributed by atoms with van der Waals surface area (Å²) < 4.78 is 5.85. The molecule has 4 nitrogen and oxygen atoms in total. The SMILES string of the molecule is COc1ccc(NC(=O)[C@@H](C)N)cc1Br. The number of methoxy groups -OCH3 is 1. The molecule has 1 aromatic rings. The standard InChI is InChI=1S/C10H13BrN2O2/c1-6(12)10(14)13-7-3-4-9(15-2)8(11)5-7/h3-6H,12H2,1-2H3,(H,13,14)/t6-/m1/s1. The maximum atomic E-state index is 11.3. The van der Waals surface area contributed by atoms with Gasteiger partial charge in [-0.1, -0.05) is 0 Å². The lowest BCUT2D eigenvalue weighted by Crippen LogP contribution is -2.32. The van der Waals surface area contributed by atoms with Crippen LogP contribution in [0.2, 0.25) is 0 Å². The van der Waals surface area contributed by atoms with Gasteiger partial charge < -0.3 is 15.8 Å². The number of nitrogens with two attached hydrogens (primary N) is 1. The van der Waals surface area contributed by atoms with E-state index in [4.69, 9.17) is 10.5 Å². The highest BCUT2D eigenvalue weighted by Gasteiger charge is 2.08. The van der Waals surface area contributed by atoms with Gasteiger partial charge in [-0.25, -0.2) is 0 Å². The van der Waals surface area contributed by atoms with Crippen molar-refractivity contribution in [1.82, 2.24) is 0 Å². The molecule has 0 fully saturated rings. The number of anilines is 1. The minimum absolute atomic E-state index is 0.216. The fourth-order valence-electron chi connectivity index (χ4n) is 1.00. The number of hydrogen-bond donors (Lipinski definition) is 2. The Morgan fingerprint density at radius 3 is 2.73 bits per heavy atom. The third-order valence-electron chi connectivity index (χ3n) is 1.83. The molecule has 1 rings (SSSR count). The Hall–Kier alpha value is -1.07. The molecule has 0 unspecified atom stereocenters. The summed E-state index contributed by atoms with van der Waals surface area (Å²) in [7, 11) is 1.58. The Bertz CT molecular complexity index is 366. The van der Waals surface area contributed by atoms with E-state index in [1.165, 1.54) is 0 Å². The fraction of sp³-hybridized carbons (Fsp3) is 0.300. The third-order valence-corrected chi connectivity index (χ3v) is 2.45. The van der Waals surface area contributed by atoms with E-state index in [0.29, 0.717) is 11.4 Å². The molecule has 0 aromatic heterocycles. The maximum absolute atomic E-state index is 11.3. The lowest BCUT2D eigenvalue weighted by atomic mass is 10.2. The molecule has 0 saturated carbocycles. The molecular weight excluding hydrogens is 260 g/mol. The predicted molar refractivity (Wildman–Crippen MR) is 63.0 cm³/mol. The summed E-state index contributed by atoms with van der Waals surface area (Å²) in [6.45, 7) is 1.63. The van der Waals surface area contributed by atoms with E-state index in [1.807, 2.05) is 0 Å². The molecule has 0 aliphatic heterocycles. The number of nitrogens with one attached hydrogen (secondary N) is 1. The summed E-state index contributed by atoms with van der Waals surface area (Å²) in [5.41, 5.74) is 6.11. The van der Waals surface area contributed by atoms with Crippen LogP contribution >= 0.6 is 15.9 Å². The number of hydrogen-bond acceptors (Lipinski definition) is 3. The molecule has 82 valence electrons. The topological polar surface area (TPSA) is 64.3 Å². The van der Waals surface area contributed by atoms with E-state index in [-0.39, 0.29) is 5.91 Å². The minimum atomic E-state index is -0.522. The average Bonchev–Trinajstić information content (AvgIpc) is 2.18. The van der Waals surface area contributed by atoms with Gasteiger partial charge in [0, 0.05) is 5.69 Å². The van der Waals surface area contributed by atoms with Crippen molar-refractivity contribution in [1.29, 1.82) is 0 Å². The van der Waals surface area contributed by atoms with Crippen LogP contribution in [0.1, 0.15) is 6.92 Å². The zero-order valence-corrected chi connectivity index (χ0v) is 10.2. The highest BCUT2D eigenvalue weighted by Crippen LogP contribution is 2.27. The lowest BCUT2D eigenvalue weighted by Gasteiger charge is -2.09. The van der Waals surface area contributed by atoms with Crippen molar-refractivity contribution in [2.24, 2.45) is 5.73 Å². The number of benzene rings is 1. The first-order valence-corrected chi connectivity index (χ1v) is 5.24. The predicted octanol–water partition coefficient (Wildman–Crippen LogP) is 1.74. The van der Waals surface area contributed by atoms with Crippen LogP contribution in [0.3, 0.4) is 0 Å². The number of carbonyl (C=O) groups is 1. The molecule has 1 amide bonds. The van der Waals surface area contributed by atoms with Crippen LogP contribution in [0.5, 0.6) is 5.75 Å². The maximum Gasteiger partial charge on any atom is 0.240 e. The molecule has 5 heteroatoms. The van der Waals surface area contributed by atoms with Gasteiger partial charge in [-0.05, 0) is 41.1 Å². The molecule has 0 aliphatic carbocycles. The molecule has 1 atom stereocenters. The first-order chi connectivity index (χ1) is 7.04. The second kappa shape index (κ2) is 5.14. The number of carbonyl (C=O) groups excluding carboxylic acids is 1. The molecule has 0 heterocycles. The Balaban J connectivity index is 2.80. The summed E-state index contributed by atoms with van der Waals surface area (Å²) in [6.07, 6.45) is 0. The van der Waals surface area contributed by atoms with Crippen molar-refractivity contribution in [3.8, 4) is 5.75 Å². The number of amides is 1. The van der Waals surface area contributed by atoms with Crippen LogP contribution in [0.15, 0.2) is 22.7 Å². The molecule has 0 spiro atoms. The molecule has 3 N–H and O–H groups in total. The van der Waals surface area contributed by atoms with Crippen LogP contribution in [0.4, 0.5) is 5.69 Å². The summed E-state index contributed by atoms with van der Waals surface area (Å²) in [6, 6.07) is 4.76. The van der Waals surface area contributed by atoms with E-state index >= 15 is 0 Å². The largest absolute Gasteiger partial charge is 0.496 e. The van der Waals surface area contributed by atoms with Crippen LogP contribution in [-0.4, -0.2) is 19.1 Å². The third kappa shape index (κ3) is 3.21. The van der Waals surface area contributed by atoms with Crippen LogP contribution in [-0.2, 0) is 4.79 Å². The van der Waals surface area contributed by atoms with Gasteiger partial charge in [0.05, 0.1) is 17.6 Å². The zero-order chi connectivity index (χ0) is 11.4. The molecular formula is C10H13BrN2O2. The monoisotopic (exact) mass is 272 g/mol. The molecule has 15 heavy (non-hydrogen) atoms.